The van der Waals surface area contributed by atoms with Crippen molar-refractivity contribution in [1.82, 2.24) is 5.32 Å². The van der Waals surface area contributed by atoms with Crippen molar-refractivity contribution in [2.45, 2.75) is 33.7 Å². The van der Waals surface area contributed by atoms with E-state index < -0.39 is 0 Å². The van der Waals surface area contributed by atoms with Crippen LogP contribution >= 0.6 is 24.0 Å². The summed E-state index contributed by atoms with van der Waals surface area (Å²) in [6.07, 6.45) is 0.903. The average molecular weight is 465 g/mol. The second-order valence-electron chi connectivity index (χ2n) is 5.34. The summed E-state index contributed by atoms with van der Waals surface area (Å²) in [4.78, 5) is 4.38. The van der Waals surface area contributed by atoms with E-state index in [1.807, 2.05) is 39.0 Å². The lowest BCUT2D eigenvalue weighted by Gasteiger charge is -2.12. The van der Waals surface area contributed by atoms with Crippen LogP contribution < -0.4 is 15.8 Å². The number of nitrogens with two attached hydrogens (primary N) is 1. The molecule has 1 aromatic carbocycles. The van der Waals surface area contributed by atoms with Gasteiger partial charge in [-0.25, -0.2) is 4.99 Å². The molecule has 0 saturated carbocycles. The Morgan fingerprint density at radius 2 is 1.84 bits per heavy atom. The van der Waals surface area contributed by atoms with Crippen molar-refractivity contribution in [3.8, 4) is 5.75 Å². The number of halogens is 1. The maximum Gasteiger partial charge on any atom is 0.188 e. The van der Waals surface area contributed by atoms with Gasteiger partial charge in [-0.3, -0.25) is 0 Å². The van der Waals surface area contributed by atoms with Crippen molar-refractivity contribution in [2.24, 2.45) is 10.7 Å². The van der Waals surface area contributed by atoms with Crippen LogP contribution in [0.25, 0.3) is 0 Å². The summed E-state index contributed by atoms with van der Waals surface area (Å²) in [5, 5.41) is 3.09. The van der Waals surface area contributed by atoms with E-state index in [2.05, 4.69) is 10.3 Å². The molecule has 0 fully saturated rings. The van der Waals surface area contributed by atoms with Crippen LogP contribution in [0.2, 0.25) is 0 Å². The van der Waals surface area contributed by atoms with Crippen LogP contribution in [-0.2, 0) is 16.0 Å². The zero-order valence-corrected chi connectivity index (χ0v) is 17.9. The highest BCUT2D eigenvalue weighted by Crippen LogP contribution is 2.21. The molecule has 6 nitrogen and oxygen atoms in total. The molecule has 1 rings (SSSR count). The van der Waals surface area contributed by atoms with E-state index in [1.165, 1.54) is 0 Å². The number of hydrogen-bond donors (Lipinski definition) is 2. The van der Waals surface area contributed by atoms with Gasteiger partial charge in [-0.1, -0.05) is 12.1 Å². The van der Waals surface area contributed by atoms with Crippen molar-refractivity contribution in [3.05, 3.63) is 29.3 Å². The first-order valence-corrected chi connectivity index (χ1v) is 8.59. The number of aryl methyl sites for hydroxylation is 1. The summed E-state index contributed by atoms with van der Waals surface area (Å²) in [6.45, 7) is 10.5. The molecule has 0 radical (unpaired) electrons. The smallest absolute Gasteiger partial charge is 0.188 e. The summed E-state index contributed by atoms with van der Waals surface area (Å²) in [5.41, 5.74) is 8.05. The predicted octanol–water partition coefficient (Wildman–Crippen LogP) is 2.86. The Balaban J connectivity index is 0.00000576. The quantitative estimate of drug-likeness (QED) is 0.215. The molecule has 0 spiro atoms. The van der Waals surface area contributed by atoms with Gasteiger partial charge in [-0.05, 0) is 38.8 Å². The normalized spacial score (nSPS) is 11.1. The van der Waals surface area contributed by atoms with Crippen LogP contribution in [0.15, 0.2) is 23.2 Å². The molecule has 1 aromatic rings. The molecule has 0 aromatic heterocycles. The molecule has 0 heterocycles. The van der Waals surface area contributed by atoms with Crippen molar-refractivity contribution in [1.29, 1.82) is 0 Å². The Labute approximate surface area is 168 Å². The van der Waals surface area contributed by atoms with E-state index in [1.54, 1.807) is 0 Å². The molecule has 0 aliphatic rings. The highest BCUT2D eigenvalue weighted by molar-refractivity contribution is 14.0. The maximum absolute atomic E-state index is 5.89. The SMILES string of the molecule is CCOCCCNC(N)=NCc1ccc(C)cc1OCCOCC.I. The third-order valence-corrected chi connectivity index (χ3v) is 3.31. The fraction of sp³-hybridized carbons (Fsp3) is 0.611. The third-order valence-electron chi connectivity index (χ3n) is 3.31. The first-order chi connectivity index (χ1) is 11.7. The molecule has 0 aliphatic carbocycles. The van der Waals surface area contributed by atoms with Gasteiger partial charge in [0, 0.05) is 31.9 Å². The van der Waals surface area contributed by atoms with E-state index in [0.29, 0.717) is 32.3 Å². The minimum atomic E-state index is 0. The van der Waals surface area contributed by atoms with Gasteiger partial charge in [0.1, 0.15) is 12.4 Å². The largest absolute Gasteiger partial charge is 0.491 e. The molecule has 0 bridgehead atoms. The molecule has 25 heavy (non-hydrogen) atoms. The van der Waals surface area contributed by atoms with Gasteiger partial charge in [0.25, 0.3) is 0 Å². The summed E-state index contributed by atoms with van der Waals surface area (Å²) in [6, 6.07) is 6.09. The number of benzene rings is 1. The van der Waals surface area contributed by atoms with Crippen molar-refractivity contribution in [3.63, 3.8) is 0 Å². The molecule has 0 amide bonds. The van der Waals surface area contributed by atoms with Crippen LogP contribution in [0.5, 0.6) is 5.75 Å². The van der Waals surface area contributed by atoms with Crippen LogP contribution in [0.3, 0.4) is 0 Å². The monoisotopic (exact) mass is 465 g/mol. The van der Waals surface area contributed by atoms with Crippen molar-refractivity contribution >= 4 is 29.9 Å². The number of aliphatic imine (C=N–C) groups is 1. The maximum atomic E-state index is 5.89. The van der Waals surface area contributed by atoms with E-state index in [4.69, 9.17) is 19.9 Å². The highest BCUT2D eigenvalue weighted by atomic mass is 127. The first-order valence-electron chi connectivity index (χ1n) is 8.59. The minimum absolute atomic E-state index is 0. The highest BCUT2D eigenvalue weighted by Gasteiger charge is 2.04. The van der Waals surface area contributed by atoms with E-state index in [0.717, 1.165) is 43.1 Å². The second kappa shape index (κ2) is 15.2. The number of hydrogen-bond acceptors (Lipinski definition) is 4. The van der Waals surface area contributed by atoms with Gasteiger partial charge in [-0.15, -0.1) is 24.0 Å². The van der Waals surface area contributed by atoms with E-state index in [9.17, 15) is 0 Å². The first kappa shape index (κ1) is 23.9. The van der Waals surface area contributed by atoms with Gasteiger partial charge in [0.05, 0.1) is 13.2 Å². The van der Waals surface area contributed by atoms with Gasteiger partial charge < -0.3 is 25.3 Å². The van der Waals surface area contributed by atoms with Crippen LogP contribution in [0, 0.1) is 6.92 Å². The second-order valence-corrected chi connectivity index (χ2v) is 5.34. The molecule has 0 unspecified atom stereocenters. The Morgan fingerprint density at radius 1 is 1.12 bits per heavy atom. The summed E-state index contributed by atoms with van der Waals surface area (Å²) < 4.78 is 16.4. The molecular weight excluding hydrogens is 433 g/mol. The van der Waals surface area contributed by atoms with E-state index in [-0.39, 0.29) is 24.0 Å². The number of guanidine groups is 1. The van der Waals surface area contributed by atoms with Gasteiger partial charge in [0.2, 0.25) is 0 Å². The van der Waals surface area contributed by atoms with Gasteiger partial charge in [0.15, 0.2) is 5.96 Å². The molecule has 0 aliphatic heterocycles. The Kier molecular flexibility index (Phi) is 14.6. The summed E-state index contributed by atoms with van der Waals surface area (Å²) in [5.74, 6) is 1.27. The Morgan fingerprint density at radius 3 is 2.56 bits per heavy atom. The predicted molar refractivity (Wildman–Crippen MR) is 113 cm³/mol. The summed E-state index contributed by atoms with van der Waals surface area (Å²) in [7, 11) is 0. The van der Waals surface area contributed by atoms with Gasteiger partial charge >= 0.3 is 0 Å². The molecule has 7 heteroatoms. The number of nitrogens with one attached hydrogen (secondary N) is 1. The molecular formula is C18H32IN3O3. The standard InChI is InChI=1S/C18H31N3O3.HI/c1-4-22-10-6-9-20-18(19)21-14-16-8-7-15(3)13-17(16)24-12-11-23-5-2;/h7-8,13H,4-6,9-12,14H2,1-3H3,(H3,19,20,21);1H. The lowest BCUT2D eigenvalue weighted by Crippen LogP contribution is -2.32. The lowest BCUT2D eigenvalue weighted by atomic mass is 10.1. The van der Waals surface area contributed by atoms with E-state index >= 15 is 0 Å². The number of nitrogens with zero attached hydrogens (tertiary/aromatic N) is 1. The molecule has 144 valence electrons. The third kappa shape index (κ3) is 11.2. The minimum Gasteiger partial charge on any atom is -0.491 e. The Bertz CT molecular complexity index is 498. The van der Waals surface area contributed by atoms with Crippen molar-refractivity contribution in [2.75, 3.05) is 39.6 Å². The van der Waals surface area contributed by atoms with Gasteiger partial charge in [-0.2, -0.15) is 0 Å². The topological polar surface area (TPSA) is 78.1 Å². The molecule has 3 N–H and O–H groups in total. The number of ether oxygens (including phenoxy) is 3. The fourth-order valence-electron chi connectivity index (χ4n) is 2.04. The fourth-order valence-corrected chi connectivity index (χ4v) is 2.04. The zero-order chi connectivity index (χ0) is 17.6. The Hall–Kier alpha value is -1.06. The molecule has 0 atom stereocenters. The number of rotatable bonds is 12. The van der Waals surface area contributed by atoms with Crippen LogP contribution in [0.1, 0.15) is 31.4 Å². The van der Waals surface area contributed by atoms with Crippen LogP contribution in [-0.4, -0.2) is 45.5 Å². The average Bonchev–Trinajstić information content (AvgIpc) is 2.58. The molecule has 0 saturated heterocycles. The van der Waals surface area contributed by atoms with Crippen molar-refractivity contribution < 1.29 is 14.2 Å². The summed E-state index contributed by atoms with van der Waals surface area (Å²) >= 11 is 0. The van der Waals surface area contributed by atoms with Crippen LogP contribution in [0.4, 0.5) is 0 Å². The zero-order valence-electron chi connectivity index (χ0n) is 15.5. The lowest BCUT2D eigenvalue weighted by molar-refractivity contribution is 0.110.